The number of fused-ring (bicyclic) bond motifs is 3. The third-order valence-electron chi connectivity index (χ3n) is 4.73. The fraction of sp³-hybridized carbons (Fsp3) is 0.200. The van der Waals surface area contributed by atoms with Gasteiger partial charge in [-0.2, -0.15) is 10.1 Å². The second kappa shape index (κ2) is 5.85. The third-order valence-corrected chi connectivity index (χ3v) is 5.22. The summed E-state index contributed by atoms with van der Waals surface area (Å²) in [5.41, 5.74) is 3.79. The van der Waals surface area contributed by atoms with Crippen LogP contribution in [0.15, 0.2) is 59.1 Å². The summed E-state index contributed by atoms with van der Waals surface area (Å²) in [6.07, 6.45) is 3.75. The normalized spacial score (nSPS) is 14.8. The minimum Gasteiger partial charge on any atom is -0.474 e. The Morgan fingerprint density at radius 2 is 1.88 bits per heavy atom. The van der Waals surface area contributed by atoms with Gasteiger partial charge in [0.2, 0.25) is 5.88 Å². The van der Waals surface area contributed by atoms with Gasteiger partial charge >= 0.3 is 0 Å². The maximum Gasteiger partial charge on any atom is 0.225 e. The van der Waals surface area contributed by atoms with Crippen LogP contribution in [0.5, 0.6) is 5.88 Å². The van der Waals surface area contributed by atoms with E-state index in [1.165, 1.54) is 6.42 Å². The number of hydrogen-bond donors (Lipinski definition) is 0. The van der Waals surface area contributed by atoms with Crippen LogP contribution in [0.1, 0.15) is 19.3 Å². The molecule has 1 aliphatic carbocycles. The summed E-state index contributed by atoms with van der Waals surface area (Å²) in [6, 6.07) is 18.3. The maximum atomic E-state index is 6.16. The first-order chi connectivity index (χ1) is 12.3. The number of hydrogen-bond acceptors (Lipinski definition) is 3. The van der Waals surface area contributed by atoms with E-state index in [0.29, 0.717) is 12.0 Å². The first-order valence-electron chi connectivity index (χ1n) is 8.49. The largest absolute Gasteiger partial charge is 0.474 e. The van der Waals surface area contributed by atoms with Gasteiger partial charge in [-0.15, -0.1) is 0 Å². The summed E-state index contributed by atoms with van der Waals surface area (Å²) >= 11 is 3.57. The lowest BCUT2D eigenvalue weighted by atomic mass is 9.96. The Morgan fingerprint density at radius 1 is 1.04 bits per heavy atom. The summed E-state index contributed by atoms with van der Waals surface area (Å²) in [5, 5.41) is 5.78. The summed E-state index contributed by atoms with van der Waals surface area (Å²) in [4.78, 5) is 4.76. The molecule has 5 rings (SSSR count). The van der Waals surface area contributed by atoms with E-state index in [2.05, 4.69) is 34.1 Å². The molecule has 25 heavy (non-hydrogen) atoms. The van der Waals surface area contributed by atoms with E-state index in [4.69, 9.17) is 14.8 Å². The van der Waals surface area contributed by atoms with Crippen LogP contribution in [0.3, 0.4) is 0 Å². The molecule has 0 atom stereocenters. The van der Waals surface area contributed by atoms with E-state index in [9.17, 15) is 0 Å². The lowest BCUT2D eigenvalue weighted by Crippen LogP contribution is -2.25. The smallest absolute Gasteiger partial charge is 0.225 e. The molecule has 124 valence electrons. The Hall–Kier alpha value is -2.40. The molecule has 0 radical (unpaired) electrons. The Kier molecular flexibility index (Phi) is 3.48. The molecule has 0 amide bonds. The third kappa shape index (κ3) is 2.59. The lowest BCUT2D eigenvalue weighted by Gasteiger charge is -2.26. The summed E-state index contributed by atoms with van der Waals surface area (Å²) < 4.78 is 9.07. The molecule has 1 saturated carbocycles. The zero-order valence-corrected chi connectivity index (χ0v) is 15.1. The second-order valence-corrected chi connectivity index (χ2v) is 7.33. The van der Waals surface area contributed by atoms with Gasteiger partial charge in [-0.1, -0.05) is 46.3 Å². The zero-order chi connectivity index (χ0) is 16.8. The van der Waals surface area contributed by atoms with Crippen molar-refractivity contribution in [1.29, 1.82) is 0 Å². The van der Waals surface area contributed by atoms with Gasteiger partial charge in [-0.25, -0.2) is 4.52 Å². The molecule has 4 aromatic rings. The highest BCUT2D eigenvalue weighted by Crippen LogP contribution is 2.32. The fourth-order valence-corrected chi connectivity index (χ4v) is 3.49. The molecule has 2 aromatic heterocycles. The monoisotopic (exact) mass is 393 g/mol. The van der Waals surface area contributed by atoms with Crippen molar-refractivity contribution in [2.24, 2.45) is 0 Å². The number of halogens is 1. The topological polar surface area (TPSA) is 39.4 Å². The van der Waals surface area contributed by atoms with Gasteiger partial charge in [0, 0.05) is 16.1 Å². The van der Waals surface area contributed by atoms with E-state index in [0.717, 1.165) is 45.1 Å². The highest BCUT2D eigenvalue weighted by Gasteiger charge is 2.22. The molecule has 2 heterocycles. The molecule has 0 saturated heterocycles. The van der Waals surface area contributed by atoms with Crippen molar-refractivity contribution in [2.45, 2.75) is 25.4 Å². The van der Waals surface area contributed by atoms with Gasteiger partial charge in [0.1, 0.15) is 6.10 Å². The average molecular weight is 394 g/mol. The van der Waals surface area contributed by atoms with Gasteiger partial charge < -0.3 is 4.74 Å². The molecular weight excluding hydrogens is 378 g/mol. The first-order valence-corrected chi connectivity index (χ1v) is 9.28. The zero-order valence-electron chi connectivity index (χ0n) is 13.5. The Bertz CT molecular complexity index is 1070. The molecule has 0 aliphatic heterocycles. The van der Waals surface area contributed by atoms with E-state index >= 15 is 0 Å². The summed E-state index contributed by atoms with van der Waals surface area (Å²) in [5.74, 6) is 0.708. The summed E-state index contributed by atoms with van der Waals surface area (Å²) in [6.45, 7) is 0. The van der Waals surface area contributed by atoms with Crippen LogP contribution in [-0.2, 0) is 0 Å². The van der Waals surface area contributed by atoms with Crippen molar-refractivity contribution in [3.63, 3.8) is 0 Å². The van der Waals surface area contributed by atoms with Crippen LogP contribution in [-0.4, -0.2) is 20.7 Å². The lowest BCUT2D eigenvalue weighted by molar-refractivity contribution is 0.117. The minimum absolute atomic E-state index is 0.290. The van der Waals surface area contributed by atoms with Gasteiger partial charge in [-0.3, -0.25) is 0 Å². The Balaban J connectivity index is 1.74. The highest BCUT2D eigenvalue weighted by molar-refractivity contribution is 9.10. The maximum absolute atomic E-state index is 6.16. The minimum atomic E-state index is 0.290. The Labute approximate surface area is 153 Å². The van der Waals surface area contributed by atoms with Crippen molar-refractivity contribution in [3.8, 4) is 17.1 Å². The van der Waals surface area contributed by atoms with E-state index < -0.39 is 0 Å². The molecule has 4 nitrogen and oxygen atoms in total. The van der Waals surface area contributed by atoms with Crippen molar-refractivity contribution in [2.75, 3.05) is 0 Å². The van der Waals surface area contributed by atoms with E-state index in [1.807, 2.05) is 40.9 Å². The van der Waals surface area contributed by atoms with Crippen LogP contribution in [0.4, 0.5) is 0 Å². The molecule has 0 bridgehead atoms. The molecule has 0 N–H and O–H groups in total. The van der Waals surface area contributed by atoms with Crippen molar-refractivity contribution in [3.05, 3.63) is 59.1 Å². The van der Waals surface area contributed by atoms with E-state index in [-0.39, 0.29) is 0 Å². The molecular formula is C20H16BrN3O. The van der Waals surface area contributed by atoms with Crippen LogP contribution in [0.2, 0.25) is 0 Å². The standard InChI is InChI=1S/C20H16BrN3O/c21-14-9-10-16-18(11-14)24-19(22-20(16)25-15-7-4-8-15)12-17(23-24)13-5-2-1-3-6-13/h1-3,5-6,9-12,15H,4,7-8H2. The fourth-order valence-electron chi connectivity index (χ4n) is 3.14. The van der Waals surface area contributed by atoms with Crippen molar-refractivity contribution in [1.82, 2.24) is 14.6 Å². The predicted octanol–water partition coefficient (Wildman–Crippen LogP) is 5.24. The van der Waals surface area contributed by atoms with Gasteiger partial charge in [0.05, 0.1) is 16.6 Å². The first kappa shape index (κ1) is 14.9. The molecule has 0 unspecified atom stereocenters. The summed E-state index contributed by atoms with van der Waals surface area (Å²) in [7, 11) is 0. The number of ether oxygens (including phenoxy) is 1. The van der Waals surface area contributed by atoms with Crippen molar-refractivity contribution >= 4 is 32.5 Å². The van der Waals surface area contributed by atoms with E-state index in [1.54, 1.807) is 0 Å². The van der Waals surface area contributed by atoms with Crippen LogP contribution in [0.25, 0.3) is 27.8 Å². The van der Waals surface area contributed by atoms with Gasteiger partial charge in [0.25, 0.3) is 0 Å². The average Bonchev–Trinajstić information content (AvgIpc) is 3.03. The number of benzene rings is 2. The van der Waals surface area contributed by atoms with Gasteiger partial charge in [0.15, 0.2) is 5.65 Å². The second-order valence-electron chi connectivity index (χ2n) is 6.41. The van der Waals surface area contributed by atoms with Crippen molar-refractivity contribution < 1.29 is 4.74 Å². The highest BCUT2D eigenvalue weighted by atomic mass is 79.9. The molecule has 2 aromatic carbocycles. The predicted molar refractivity (Wildman–Crippen MR) is 102 cm³/mol. The SMILES string of the molecule is Brc1ccc2c(OC3CCC3)nc3cc(-c4ccccc4)nn3c2c1. The van der Waals surface area contributed by atoms with Crippen LogP contribution in [0, 0.1) is 0 Å². The quantitative estimate of drug-likeness (QED) is 0.477. The van der Waals surface area contributed by atoms with Gasteiger partial charge in [-0.05, 0) is 37.5 Å². The molecule has 0 spiro atoms. The Morgan fingerprint density at radius 3 is 2.64 bits per heavy atom. The number of nitrogens with zero attached hydrogens (tertiary/aromatic N) is 3. The number of rotatable bonds is 3. The molecule has 5 heteroatoms. The van der Waals surface area contributed by atoms with Crippen LogP contribution >= 0.6 is 15.9 Å². The molecule has 1 aliphatic rings. The molecule has 1 fully saturated rings. The van der Waals surface area contributed by atoms with Crippen LogP contribution < -0.4 is 4.74 Å². The number of aromatic nitrogens is 3.